The van der Waals surface area contributed by atoms with E-state index < -0.39 is 18.2 Å². The van der Waals surface area contributed by atoms with Crippen molar-refractivity contribution in [3.05, 3.63) is 52.1 Å². The van der Waals surface area contributed by atoms with Crippen molar-refractivity contribution >= 4 is 34.4 Å². The molecule has 0 aromatic heterocycles. The first-order chi connectivity index (χ1) is 17.4. The number of morpholine rings is 1. The van der Waals surface area contributed by atoms with Crippen LogP contribution in [0.3, 0.4) is 0 Å². The lowest BCUT2D eigenvalue weighted by molar-refractivity contribution is -0.139. The van der Waals surface area contributed by atoms with Crippen LogP contribution in [0, 0.1) is 3.57 Å². The van der Waals surface area contributed by atoms with Crippen LogP contribution in [0.2, 0.25) is 0 Å². The number of amides is 2. The van der Waals surface area contributed by atoms with Crippen LogP contribution in [0.1, 0.15) is 19.3 Å². The summed E-state index contributed by atoms with van der Waals surface area (Å²) in [4.78, 5) is 30.1. The van der Waals surface area contributed by atoms with Gasteiger partial charge in [-0.3, -0.25) is 14.5 Å². The molecule has 9 nitrogen and oxygen atoms in total. The molecule has 0 bridgehead atoms. The molecular formula is C26H36IN3O6. The van der Waals surface area contributed by atoms with Gasteiger partial charge in [0, 0.05) is 51.1 Å². The van der Waals surface area contributed by atoms with Crippen molar-refractivity contribution in [1.29, 1.82) is 0 Å². The second kappa shape index (κ2) is 14.7. The van der Waals surface area contributed by atoms with Gasteiger partial charge in [-0.15, -0.1) is 6.58 Å². The third-order valence-corrected chi connectivity index (χ3v) is 7.25. The van der Waals surface area contributed by atoms with Gasteiger partial charge in [0.25, 0.3) is 0 Å². The quantitative estimate of drug-likeness (QED) is 0.241. The Morgan fingerprint density at radius 2 is 2.06 bits per heavy atom. The predicted octanol–water partition coefficient (Wildman–Crippen LogP) is 1.33. The number of aliphatic hydroxyl groups is 2. The van der Waals surface area contributed by atoms with Gasteiger partial charge in [0.1, 0.15) is 18.0 Å². The minimum Gasteiger partial charge on any atom is -0.482 e. The van der Waals surface area contributed by atoms with Crippen LogP contribution in [0.15, 0.2) is 48.6 Å². The lowest BCUT2D eigenvalue weighted by Gasteiger charge is -2.41. The van der Waals surface area contributed by atoms with E-state index in [1.165, 1.54) is 0 Å². The van der Waals surface area contributed by atoms with E-state index in [1.807, 2.05) is 24.3 Å². The van der Waals surface area contributed by atoms with Gasteiger partial charge in [0.05, 0.1) is 29.4 Å². The van der Waals surface area contributed by atoms with Gasteiger partial charge in [0.15, 0.2) is 0 Å². The molecule has 3 atom stereocenters. The number of halogens is 1. The molecule has 1 aliphatic heterocycles. The number of hydrogen-bond donors (Lipinski definition) is 3. The molecule has 3 rings (SSSR count). The van der Waals surface area contributed by atoms with Gasteiger partial charge < -0.3 is 29.9 Å². The molecule has 198 valence electrons. The standard InChI is InChI=1S/C26H36IN3O6/c1-2-3-8-24(32)30(11-10-29-12-15-35-16-13-29)21-17-19(26(34)28-9-14-31)18-23(25(21)33)36-22-7-5-4-6-20(22)27/h2,4-7,18,21,23,25,31,33H,1,3,8-17H2,(H,28,34)/t21-,23+,25+/m1/s1. The van der Waals surface area contributed by atoms with Gasteiger partial charge in [-0.25, -0.2) is 0 Å². The van der Waals surface area contributed by atoms with Crippen molar-refractivity contribution < 1.29 is 29.3 Å². The maximum atomic E-state index is 13.3. The highest BCUT2D eigenvalue weighted by Crippen LogP contribution is 2.30. The normalized spacial score (nSPS) is 22.4. The number of nitrogens with zero attached hydrogens (tertiary/aromatic N) is 2. The minimum atomic E-state index is -1.03. The summed E-state index contributed by atoms with van der Waals surface area (Å²) in [5.74, 6) is 0.147. The highest BCUT2D eigenvalue weighted by atomic mass is 127. The summed E-state index contributed by atoms with van der Waals surface area (Å²) in [6, 6.07) is 6.80. The Kier molecular flexibility index (Phi) is 11.6. The van der Waals surface area contributed by atoms with Crippen molar-refractivity contribution in [2.75, 3.05) is 52.5 Å². The van der Waals surface area contributed by atoms with E-state index >= 15 is 0 Å². The monoisotopic (exact) mass is 613 g/mol. The molecule has 0 saturated carbocycles. The molecule has 0 radical (unpaired) electrons. The summed E-state index contributed by atoms with van der Waals surface area (Å²) >= 11 is 2.16. The van der Waals surface area contributed by atoms with Crippen molar-refractivity contribution in [2.45, 2.75) is 37.5 Å². The van der Waals surface area contributed by atoms with Crippen LogP contribution in [0.4, 0.5) is 0 Å². The van der Waals surface area contributed by atoms with E-state index in [4.69, 9.17) is 14.6 Å². The zero-order valence-corrected chi connectivity index (χ0v) is 22.6. The number of para-hydroxylation sites is 1. The molecular weight excluding hydrogens is 577 g/mol. The number of hydrogen-bond acceptors (Lipinski definition) is 7. The first kappa shape index (κ1) is 28.6. The Morgan fingerprint density at radius 1 is 1.31 bits per heavy atom. The maximum Gasteiger partial charge on any atom is 0.247 e. The predicted molar refractivity (Wildman–Crippen MR) is 145 cm³/mol. The molecule has 3 N–H and O–H groups in total. The van der Waals surface area contributed by atoms with Gasteiger partial charge in [-0.1, -0.05) is 18.2 Å². The van der Waals surface area contributed by atoms with E-state index in [2.05, 4.69) is 39.4 Å². The van der Waals surface area contributed by atoms with Crippen LogP contribution in [-0.2, 0) is 14.3 Å². The van der Waals surface area contributed by atoms with Crippen molar-refractivity contribution in [3.8, 4) is 5.75 Å². The number of allylic oxidation sites excluding steroid dienone is 1. The molecule has 2 aliphatic rings. The van der Waals surface area contributed by atoms with Crippen LogP contribution in [-0.4, -0.2) is 103 Å². The number of nitrogens with one attached hydrogen (secondary N) is 1. The van der Waals surface area contributed by atoms with Crippen LogP contribution in [0.25, 0.3) is 0 Å². The molecule has 1 aromatic carbocycles. The van der Waals surface area contributed by atoms with E-state index in [-0.39, 0.29) is 37.8 Å². The van der Waals surface area contributed by atoms with Crippen molar-refractivity contribution in [1.82, 2.24) is 15.1 Å². The third-order valence-electron chi connectivity index (χ3n) is 6.36. The van der Waals surface area contributed by atoms with Crippen molar-refractivity contribution in [3.63, 3.8) is 0 Å². The lowest BCUT2D eigenvalue weighted by Crippen LogP contribution is -2.56. The lowest BCUT2D eigenvalue weighted by atomic mass is 9.88. The summed E-state index contributed by atoms with van der Waals surface area (Å²) in [5.41, 5.74) is 0.419. The summed E-state index contributed by atoms with van der Waals surface area (Å²) < 4.78 is 12.5. The molecule has 1 heterocycles. The van der Waals surface area contributed by atoms with E-state index in [9.17, 15) is 14.7 Å². The highest BCUT2D eigenvalue weighted by molar-refractivity contribution is 14.1. The first-order valence-corrected chi connectivity index (χ1v) is 13.4. The largest absolute Gasteiger partial charge is 0.482 e. The fourth-order valence-corrected chi connectivity index (χ4v) is 4.90. The Morgan fingerprint density at radius 3 is 2.75 bits per heavy atom. The van der Waals surface area contributed by atoms with E-state index in [0.717, 1.165) is 16.7 Å². The maximum absolute atomic E-state index is 13.3. The molecule has 0 unspecified atom stereocenters. The fraction of sp³-hybridized carbons (Fsp3) is 0.538. The van der Waals surface area contributed by atoms with Crippen LogP contribution in [0.5, 0.6) is 5.75 Å². The summed E-state index contributed by atoms with van der Waals surface area (Å²) in [7, 11) is 0. The smallest absolute Gasteiger partial charge is 0.247 e. The van der Waals surface area contributed by atoms with Crippen LogP contribution < -0.4 is 10.1 Å². The zero-order chi connectivity index (χ0) is 25.9. The average molecular weight is 613 g/mol. The molecule has 1 fully saturated rings. The molecule has 36 heavy (non-hydrogen) atoms. The average Bonchev–Trinajstić information content (AvgIpc) is 2.89. The fourth-order valence-electron chi connectivity index (χ4n) is 4.39. The second-order valence-electron chi connectivity index (χ2n) is 8.81. The zero-order valence-electron chi connectivity index (χ0n) is 20.5. The van der Waals surface area contributed by atoms with Crippen LogP contribution >= 0.6 is 22.6 Å². The number of ether oxygens (including phenoxy) is 2. The van der Waals surface area contributed by atoms with Crippen molar-refractivity contribution in [2.24, 2.45) is 0 Å². The second-order valence-corrected chi connectivity index (χ2v) is 9.98. The minimum absolute atomic E-state index is 0.0998. The number of aliphatic hydroxyl groups excluding tert-OH is 2. The molecule has 1 saturated heterocycles. The molecule has 0 spiro atoms. The highest BCUT2D eigenvalue weighted by Gasteiger charge is 2.40. The Labute approximate surface area is 226 Å². The molecule has 1 aliphatic carbocycles. The Bertz CT molecular complexity index is 921. The summed E-state index contributed by atoms with van der Waals surface area (Å²) in [6.45, 7) is 7.60. The molecule has 10 heteroatoms. The van der Waals surface area contributed by atoms with Gasteiger partial charge in [-0.05, 0) is 47.2 Å². The van der Waals surface area contributed by atoms with E-state index in [1.54, 1.807) is 17.1 Å². The summed E-state index contributed by atoms with van der Waals surface area (Å²) in [5, 5.41) is 23.3. The summed E-state index contributed by atoms with van der Waals surface area (Å²) in [6.07, 6.45) is 2.45. The Hall–Kier alpha value is -1.99. The molecule has 1 aromatic rings. The molecule has 2 amide bonds. The van der Waals surface area contributed by atoms with Gasteiger partial charge >= 0.3 is 0 Å². The van der Waals surface area contributed by atoms with Gasteiger partial charge in [-0.2, -0.15) is 0 Å². The SMILES string of the molecule is C=CCCC(=O)N(CCN1CCOCC1)[C@@H]1CC(C(=O)NCCO)=C[C@H](Oc2ccccc2I)[C@H]1O. The van der Waals surface area contributed by atoms with E-state index in [0.29, 0.717) is 44.0 Å². The number of rotatable bonds is 12. The third kappa shape index (κ3) is 8.01. The topological polar surface area (TPSA) is 112 Å². The first-order valence-electron chi connectivity index (χ1n) is 12.3. The van der Waals surface area contributed by atoms with Gasteiger partial charge in [0.2, 0.25) is 11.8 Å². The number of carbonyl (C=O) groups is 2. The number of benzene rings is 1. The Balaban J connectivity index is 1.87. The number of carbonyl (C=O) groups excluding carboxylic acids is 2.